The quantitative estimate of drug-likeness (QED) is 0.621. The Hall–Kier alpha value is -0.500. The van der Waals surface area contributed by atoms with Crippen LogP contribution < -0.4 is 5.32 Å². The second-order valence-corrected chi connectivity index (χ2v) is 6.23. The molecule has 98 valence electrons. The van der Waals surface area contributed by atoms with Crippen molar-refractivity contribution in [3.63, 3.8) is 0 Å². The van der Waals surface area contributed by atoms with E-state index < -0.39 is 4.46 Å². The number of hydrogen-bond acceptors (Lipinski definition) is 1. The minimum Gasteiger partial charge on any atom is -0.280 e. The molecule has 1 nitrogen and oxygen atoms in total. The van der Waals surface area contributed by atoms with Crippen LogP contribution in [0, 0.1) is 0 Å². The molecule has 1 aliphatic rings. The molecule has 1 aromatic carbocycles. The number of halogens is 2. The lowest BCUT2D eigenvalue weighted by Gasteiger charge is -2.28. The maximum atomic E-state index is 6.29. The zero-order chi connectivity index (χ0) is 12.8. The summed E-state index contributed by atoms with van der Waals surface area (Å²) in [6, 6.07) is 10.5. The predicted molar refractivity (Wildman–Crippen MR) is 79.9 cm³/mol. The second kappa shape index (κ2) is 6.60. The lowest BCUT2D eigenvalue weighted by molar-refractivity contribution is 0.368. The van der Waals surface area contributed by atoms with Crippen LogP contribution in [-0.4, -0.2) is 10.5 Å². The molecule has 0 unspecified atom stereocenters. The molecule has 0 amide bonds. The second-order valence-electron chi connectivity index (χ2n) is 4.85. The minimum atomic E-state index is -0.974. The Bertz CT molecular complexity index is 381. The van der Waals surface area contributed by atoms with Gasteiger partial charge in [0.1, 0.15) is 0 Å². The molecular formula is C15H19Cl2N. The summed E-state index contributed by atoms with van der Waals surface area (Å²) in [5.41, 5.74) is 1.11. The highest BCUT2D eigenvalue weighted by atomic mass is 35.5. The third-order valence-corrected chi connectivity index (χ3v) is 3.76. The number of nitrogens with one attached hydrogen (secondary N) is 1. The van der Waals surface area contributed by atoms with Crippen molar-refractivity contribution in [2.45, 2.75) is 42.6 Å². The number of alkyl halides is 2. The summed E-state index contributed by atoms with van der Waals surface area (Å²) >= 11 is 12.6. The maximum Gasteiger partial charge on any atom is 0.188 e. The average molecular weight is 284 g/mol. The Labute approximate surface area is 119 Å². The van der Waals surface area contributed by atoms with Gasteiger partial charge in [-0.2, -0.15) is 0 Å². The van der Waals surface area contributed by atoms with E-state index in [2.05, 4.69) is 5.32 Å². The summed E-state index contributed by atoms with van der Waals surface area (Å²) in [4.78, 5) is 0. The van der Waals surface area contributed by atoms with Crippen molar-refractivity contribution in [3.8, 4) is 0 Å². The van der Waals surface area contributed by atoms with E-state index in [9.17, 15) is 0 Å². The van der Waals surface area contributed by atoms with Crippen molar-refractivity contribution in [1.82, 2.24) is 5.32 Å². The topological polar surface area (TPSA) is 12.0 Å². The zero-order valence-corrected chi connectivity index (χ0v) is 11.9. The van der Waals surface area contributed by atoms with Crippen molar-refractivity contribution in [2.75, 3.05) is 0 Å². The predicted octanol–water partition coefficient (Wildman–Crippen LogP) is 4.75. The molecule has 1 aromatic rings. The van der Waals surface area contributed by atoms with Gasteiger partial charge in [0.05, 0.1) is 0 Å². The summed E-state index contributed by atoms with van der Waals surface area (Å²) in [7, 11) is 0. The zero-order valence-electron chi connectivity index (χ0n) is 10.4. The maximum absolute atomic E-state index is 6.29. The van der Waals surface area contributed by atoms with Crippen LogP contribution in [0.25, 0.3) is 6.08 Å². The van der Waals surface area contributed by atoms with Crippen LogP contribution in [0.15, 0.2) is 36.4 Å². The number of hydrogen-bond donors (Lipinski definition) is 1. The fourth-order valence-electron chi connectivity index (χ4n) is 2.33. The summed E-state index contributed by atoms with van der Waals surface area (Å²) in [6.45, 7) is 0. The summed E-state index contributed by atoms with van der Waals surface area (Å²) in [5, 5.41) is 3.31. The third kappa shape index (κ3) is 4.64. The van der Waals surface area contributed by atoms with Gasteiger partial charge >= 0.3 is 0 Å². The van der Waals surface area contributed by atoms with Crippen LogP contribution in [0.5, 0.6) is 0 Å². The van der Waals surface area contributed by atoms with Gasteiger partial charge in [-0.1, -0.05) is 78.9 Å². The molecule has 1 N–H and O–H groups in total. The van der Waals surface area contributed by atoms with Gasteiger partial charge in [-0.25, -0.2) is 0 Å². The minimum absolute atomic E-state index is 0.439. The summed E-state index contributed by atoms with van der Waals surface area (Å²) in [6.07, 6.45) is 9.97. The number of benzene rings is 1. The van der Waals surface area contributed by atoms with Crippen LogP contribution >= 0.6 is 23.2 Å². The fourth-order valence-corrected chi connectivity index (χ4v) is 2.77. The largest absolute Gasteiger partial charge is 0.280 e. The van der Waals surface area contributed by atoms with E-state index in [1.54, 1.807) is 0 Å². The molecule has 0 bridgehead atoms. The van der Waals surface area contributed by atoms with Crippen LogP contribution in [0.1, 0.15) is 37.7 Å². The van der Waals surface area contributed by atoms with Crippen molar-refractivity contribution in [3.05, 3.63) is 42.0 Å². The normalized spacial score (nSPS) is 18.3. The van der Waals surface area contributed by atoms with Gasteiger partial charge in [0.25, 0.3) is 0 Å². The smallest absolute Gasteiger partial charge is 0.188 e. The first kappa shape index (κ1) is 13.9. The van der Waals surface area contributed by atoms with Gasteiger partial charge in [-0.3, -0.25) is 5.32 Å². The van der Waals surface area contributed by atoms with Gasteiger partial charge in [-0.15, -0.1) is 0 Å². The van der Waals surface area contributed by atoms with Crippen molar-refractivity contribution in [2.24, 2.45) is 0 Å². The summed E-state index contributed by atoms with van der Waals surface area (Å²) < 4.78 is -0.974. The average Bonchev–Trinajstić information content (AvgIpc) is 2.38. The monoisotopic (exact) mass is 283 g/mol. The van der Waals surface area contributed by atoms with E-state index >= 15 is 0 Å². The Morgan fingerprint density at radius 1 is 1.06 bits per heavy atom. The first-order valence-corrected chi connectivity index (χ1v) is 7.31. The van der Waals surface area contributed by atoms with Crippen LogP contribution in [0.2, 0.25) is 0 Å². The Morgan fingerprint density at radius 2 is 1.72 bits per heavy atom. The van der Waals surface area contributed by atoms with Gasteiger partial charge in [-0.05, 0) is 24.5 Å². The molecule has 0 aliphatic heterocycles. The Morgan fingerprint density at radius 3 is 2.39 bits per heavy atom. The van der Waals surface area contributed by atoms with Crippen molar-refractivity contribution in [1.29, 1.82) is 0 Å². The SMILES string of the molecule is ClC(Cl)(/C=C/c1ccccc1)NC1CCCCC1. The van der Waals surface area contributed by atoms with E-state index in [4.69, 9.17) is 23.2 Å². The van der Waals surface area contributed by atoms with Gasteiger partial charge in [0, 0.05) is 6.04 Å². The molecular weight excluding hydrogens is 265 g/mol. The Balaban J connectivity index is 1.91. The molecule has 0 aromatic heterocycles. The highest BCUT2D eigenvalue weighted by Gasteiger charge is 2.25. The first-order chi connectivity index (χ1) is 8.66. The molecule has 0 spiro atoms. The standard InChI is InChI=1S/C15H19Cl2N/c16-15(17,18-14-9-5-2-6-10-14)12-11-13-7-3-1-4-8-13/h1,3-4,7-8,11-12,14,18H,2,5-6,9-10H2/b12-11+. The molecule has 1 aliphatic carbocycles. The highest BCUT2D eigenvalue weighted by molar-refractivity contribution is 6.49. The highest BCUT2D eigenvalue weighted by Crippen LogP contribution is 2.26. The fraction of sp³-hybridized carbons (Fsp3) is 0.467. The summed E-state index contributed by atoms with van der Waals surface area (Å²) in [5.74, 6) is 0. The van der Waals surface area contributed by atoms with E-state index in [0.717, 1.165) is 5.56 Å². The van der Waals surface area contributed by atoms with Gasteiger partial charge in [0.15, 0.2) is 4.46 Å². The van der Waals surface area contributed by atoms with Crippen LogP contribution in [0.4, 0.5) is 0 Å². The lowest BCUT2D eigenvalue weighted by atomic mass is 9.95. The van der Waals surface area contributed by atoms with Crippen molar-refractivity contribution < 1.29 is 0 Å². The molecule has 3 heteroatoms. The molecule has 0 radical (unpaired) electrons. The van der Waals surface area contributed by atoms with Gasteiger partial charge in [0.2, 0.25) is 0 Å². The molecule has 1 saturated carbocycles. The van der Waals surface area contributed by atoms with Crippen molar-refractivity contribution >= 4 is 29.3 Å². The lowest BCUT2D eigenvalue weighted by Crippen LogP contribution is -2.41. The van der Waals surface area contributed by atoms with Gasteiger partial charge < -0.3 is 0 Å². The first-order valence-electron chi connectivity index (χ1n) is 6.55. The number of rotatable bonds is 4. The molecule has 0 atom stereocenters. The van der Waals surface area contributed by atoms with Crippen LogP contribution in [-0.2, 0) is 0 Å². The molecule has 0 heterocycles. The Kier molecular flexibility index (Phi) is 5.11. The molecule has 18 heavy (non-hydrogen) atoms. The molecule has 0 saturated heterocycles. The van der Waals surface area contributed by atoms with E-state index in [-0.39, 0.29) is 0 Å². The van der Waals surface area contributed by atoms with E-state index in [1.807, 2.05) is 42.5 Å². The van der Waals surface area contributed by atoms with E-state index in [0.29, 0.717) is 6.04 Å². The third-order valence-electron chi connectivity index (χ3n) is 3.29. The molecule has 1 fully saturated rings. The molecule has 2 rings (SSSR count). The van der Waals surface area contributed by atoms with E-state index in [1.165, 1.54) is 32.1 Å². The van der Waals surface area contributed by atoms with Crippen LogP contribution in [0.3, 0.4) is 0 Å².